The van der Waals surface area contributed by atoms with Gasteiger partial charge in [-0.25, -0.2) is 14.8 Å². The molecule has 0 radical (unpaired) electrons. The van der Waals surface area contributed by atoms with Crippen molar-refractivity contribution in [3.05, 3.63) is 108 Å². The molecule has 0 aliphatic carbocycles. The molecule has 0 aromatic heterocycles. The van der Waals surface area contributed by atoms with Gasteiger partial charge in [0.15, 0.2) is 0 Å². The van der Waals surface area contributed by atoms with E-state index < -0.39 is 47.2 Å². The van der Waals surface area contributed by atoms with Crippen LogP contribution in [0.15, 0.2) is 91.0 Å². The van der Waals surface area contributed by atoms with Gasteiger partial charge in [-0.3, -0.25) is 14.4 Å². The number of hydrogen-bond acceptors (Lipinski definition) is 5. The van der Waals surface area contributed by atoms with E-state index in [1.165, 1.54) is 11.9 Å². The first-order valence-corrected chi connectivity index (χ1v) is 16.2. The Bertz CT molecular complexity index is 1520. The highest BCUT2D eigenvalue weighted by Crippen LogP contribution is 2.41. The second-order valence-electron chi connectivity index (χ2n) is 14.1. The van der Waals surface area contributed by atoms with Gasteiger partial charge < -0.3 is 15.4 Å². The van der Waals surface area contributed by atoms with E-state index in [1.807, 2.05) is 112 Å². The zero-order chi connectivity index (χ0) is 34.4. The van der Waals surface area contributed by atoms with Crippen molar-refractivity contribution in [2.45, 2.75) is 103 Å². The second-order valence-corrected chi connectivity index (χ2v) is 14.1. The Morgan fingerprint density at radius 3 is 1.87 bits per heavy atom. The maximum atomic E-state index is 14.8. The molecular weight excluding hydrogens is 592 g/mol. The zero-order valence-electron chi connectivity index (χ0n) is 28.5. The van der Waals surface area contributed by atoms with E-state index in [-0.39, 0.29) is 18.2 Å². The van der Waals surface area contributed by atoms with Crippen molar-refractivity contribution in [2.24, 2.45) is 0 Å². The summed E-state index contributed by atoms with van der Waals surface area (Å²) < 4.78 is 5.49. The molecule has 2 N–H and O–H groups in total. The molecule has 3 aromatic carbocycles. The number of carbonyl (C=O) groups excluding carboxylic acids is 4. The highest BCUT2D eigenvalue weighted by atomic mass is 16.6. The third-order valence-electron chi connectivity index (χ3n) is 8.06. The first kappa shape index (κ1) is 35.2. The molecule has 0 bridgehead atoms. The highest BCUT2D eigenvalue weighted by Gasteiger charge is 2.45. The third kappa shape index (κ3) is 9.44. The minimum Gasteiger partial charge on any atom is -0.444 e. The molecule has 1 fully saturated rings. The zero-order valence-corrected chi connectivity index (χ0v) is 28.5. The van der Waals surface area contributed by atoms with Crippen molar-refractivity contribution in [1.82, 2.24) is 20.7 Å². The summed E-state index contributed by atoms with van der Waals surface area (Å²) in [6.45, 7) is 12.4. The van der Waals surface area contributed by atoms with E-state index in [0.717, 1.165) is 16.7 Å². The van der Waals surface area contributed by atoms with Gasteiger partial charge in [-0.15, -0.1) is 0 Å². The van der Waals surface area contributed by atoms with Crippen molar-refractivity contribution >= 4 is 23.8 Å². The second kappa shape index (κ2) is 14.8. The van der Waals surface area contributed by atoms with Gasteiger partial charge in [0.2, 0.25) is 11.8 Å². The number of amides is 4. The quantitative estimate of drug-likeness (QED) is 0.300. The van der Waals surface area contributed by atoms with Gasteiger partial charge in [0.1, 0.15) is 17.7 Å². The number of rotatable bonds is 8. The summed E-state index contributed by atoms with van der Waals surface area (Å²) in [6.07, 6.45) is 0.279. The van der Waals surface area contributed by atoms with Gasteiger partial charge in [-0.1, -0.05) is 91.0 Å². The minimum absolute atomic E-state index is 0.138. The van der Waals surface area contributed by atoms with Gasteiger partial charge in [0.25, 0.3) is 5.91 Å². The Hall–Kier alpha value is -4.66. The first-order chi connectivity index (χ1) is 22.1. The van der Waals surface area contributed by atoms with Crippen LogP contribution < -0.4 is 10.6 Å². The molecule has 0 spiro atoms. The van der Waals surface area contributed by atoms with E-state index in [4.69, 9.17) is 4.74 Å². The van der Waals surface area contributed by atoms with Crippen LogP contribution in [-0.4, -0.2) is 57.1 Å². The highest BCUT2D eigenvalue weighted by molar-refractivity contribution is 5.92. The van der Waals surface area contributed by atoms with Crippen molar-refractivity contribution < 1.29 is 23.9 Å². The summed E-state index contributed by atoms with van der Waals surface area (Å²) in [5, 5.41) is 8.81. The third-order valence-corrected chi connectivity index (χ3v) is 8.06. The van der Waals surface area contributed by atoms with Crippen molar-refractivity contribution in [2.75, 3.05) is 0 Å². The summed E-state index contributed by atoms with van der Waals surface area (Å²) in [6, 6.07) is 26.5. The number of nitrogens with zero attached hydrogens (tertiary/aromatic N) is 2. The van der Waals surface area contributed by atoms with Crippen LogP contribution in [0.3, 0.4) is 0 Å². The predicted molar refractivity (Wildman–Crippen MR) is 182 cm³/mol. The van der Waals surface area contributed by atoms with Crippen LogP contribution in [0.5, 0.6) is 0 Å². The molecule has 1 aliphatic heterocycles. The average molecular weight is 641 g/mol. The standard InChI is InChI=1S/C38H48N4O5/c1-26(43)42(37(2,3)4)41-33(29-21-15-10-16-22-29)25-30(28-19-13-9-14-20-28)24-32(35(41)45)39-34(44)31(23-27-17-11-8-12-18-27)40-36(46)47-38(5,6)7/h8-22,30-33H,23-25H2,1-7H3,(H,39,44)(H,40,46). The van der Waals surface area contributed by atoms with Crippen LogP contribution in [0, 0.1) is 0 Å². The van der Waals surface area contributed by atoms with E-state index in [0.29, 0.717) is 12.8 Å². The molecule has 4 amide bonds. The van der Waals surface area contributed by atoms with Crippen LogP contribution in [0.25, 0.3) is 0 Å². The lowest BCUT2D eigenvalue weighted by molar-refractivity contribution is -0.182. The van der Waals surface area contributed by atoms with Crippen LogP contribution in [0.4, 0.5) is 4.79 Å². The lowest BCUT2D eigenvalue weighted by atomic mass is 9.86. The number of nitrogens with one attached hydrogen (secondary N) is 2. The van der Waals surface area contributed by atoms with Crippen molar-refractivity contribution in [3.63, 3.8) is 0 Å². The molecule has 9 heteroatoms. The normalized spacial score (nSPS) is 19.3. The Balaban J connectivity index is 1.77. The minimum atomic E-state index is -1.02. The van der Waals surface area contributed by atoms with Gasteiger partial charge in [0, 0.05) is 13.3 Å². The summed E-state index contributed by atoms with van der Waals surface area (Å²) in [7, 11) is 0. The monoisotopic (exact) mass is 640 g/mol. The molecule has 1 aliphatic rings. The molecule has 1 saturated heterocycles. The van der Waals surface area contributed by atoms with Crippen molar-refractivity contribution in [3.8, 4) is 0 Å². The largest absolute Gasteiger partial charge is 0.444 e. The Kier molecular flexibility index (Phi) is 11.1. The summed E-state index contributed by atoms with van der Waals surface area (Å²) >= 11 is 0. The molecule has 1 heterocycles. The van der Waals surface area contributed by atoms with Gasteiger partial charge in [-0.05, 0) is 77.0 Å². The van der Waals surface area contributed by atoms with Gasteiger partial charge in [-0.2, -0.15) is 0 Å². The fourth-order valence-corrected chi connectivity index (χ4v) is 6.20. The molecule has 0 saturated carbocycles. The van der Waals surface area contributed by atoms with Crippen LogP contribution in [0.1, 0.15) is 90.0 Å². The SMILES string of the molecule is CC(=O)N(N1C(=O)C(NC(=O)C(Cc2ccccc2)NC(=O)OC(C)(C)C)CC(c2ccccc2)CC1c1ccccc1)C(C)(C)C. The van der Waals surface area contributed by atoms with Crippen LogP contribution in [0.2, 0.25) is 0 Å². The number of hydrazine groups is 1. The maximum absolute atomic E-state index is 14.8. The van der Waals surface area contributed by atoms with E-state index in [2.05, 4.69) is 10.6 Å². The van der Waals surface area contributed by atoms with E-state index >= 15 is 0 Å². The molecule has 4 rings (SSSR count). The molecule has 4 atom stereocenters. The predicted octanol–water partition coefficient (Wildman–Crippen LogP) is 6.32. The average Bonchev–Trinajstić information content (AvgIpc) is 3.13. The molecule has 3 aromatic rings. The Labute approximate surface area is 278 Å². The Morgan fingerprint density at radius 2 is 1.36 bits per heavy atom. The summed E-state index contributed by atoms with van der Waals surface area (Å²) in [4.78, 5) is 55.2. The summed E-state index contributed by atoms with van der Waals surface area (Å²) in [5.41, 5.74) is 1.23. The lowest BCUT2D eigenvalue weighted by Gasteiger charge is -2.47. The smallest absolute Gasteiger partial charge is 0.408 e. The van der Waals surface area contributed by atoms with Crippen LogP contribution in [-0.2, 0) is 25.5 Å². The Morgan fingerprint density at radius 1 is 0.830 bits per heavy atom. The maximum Gasteiger partial charge on any atom is 0.408 e. The van der Waals surface area contributed by atoms with Crippen molar-refractivity contribution in [1.29, 1.82) is 0 Å². The molecule has 9 nitrogen and oxygen atoms in total. The number of carbonyl (C=O) groups is 4. The molecule has 250 valence electrons. The fraction of sp³-hybridized carbons (Fsp3) is 0.421. The lowest BCUT2D eigenvalue weighted by Crippen LogP contribution is -2.62. The number of ether oxygens (including phenoxy) is 1. The van der Waals surface area contributed by atoms with E-state index in [9.17, 15) is 19.2 Å². The van der Waals surface area contributed by atoms with Crippen LogP contribution >= 0.6 is 0 Å². The van der Waals surface area contributed by atoms with Gasteiger partial charge >= 0.3 is 6.09 Å². The number of hydrogen-bond donors (Lipinski definition) is 2. The fourth-order valence-electron chi connectivity index (χ4n) is 6.20. The van der Waals surface area contributed by atoms with E-state index in [1.54, 1.807) is 25.8 Å². The molecular formula is C38H48N4O5. The topological polar surface area (TPSA) is 108 Å². The molecule has 47 heavy (non-hydrogen) atoms. The molecule has 4 unspecified atom stereocenters. The first-order valence-electron chi connectivity index (χ1n) is 16.2. The number of benzene rings is 3. The summed E-state index contributed by atoms with van der Waals surface area (Å²) in [5.74, 6) is -1.34. The van der Waals surface area contributed by atoms with Gasteiger partial charge in [0.05, 0.1) is 11.6 Å². The number of alkyl carbamates (subject to hydrolysis) is 1.